The Balaban J connectivity index is 1.75. The lowest BCUT2D eigenvalue weighted by molar-refractivity contribution is -0.129. The molecule has 0 saturated carbocycles. The SMILES string of the molecule is COC(=O)c1cccc(NC(=O)c2cc(N3CCN(C(C)=O)CC3)nc(C)n2)c1. The van der Waals surface area contributed by atoms with E-state index in [0.717, 1.165) is 0 Å². The highest BCUT2D eigenvalue weighted by atomic mass is 16.5. The van der Waals surface area contributed by atoms with Crippen molar-refractivity contribution in [1.29, 1.82) is 0 Å². The average molecular weight is 397 g/mol. The summed E-state index contributed by atoms with van der Waals surface area (Å²) in [5.74, 6) is 0.295. The predicted octanol–water partition coefficient (Wildman–Crippen LogP) is 1.49. The van der Waals surface area contributed by atoms with Gasteiger partial charge in [0.05, 0.1) is 12.7 Å². The third kappa shape index (κ3) is 4.87. The minimum Gasteiger partial charge on any atom is -0.465 e. The molecule has 9 nitrogen and oxygen atoms in total. The van der Waals surface area contributed by atoms with Crippen molar-refractivity contribution in [3.63, 3.8) is 0 Å². The zero-order valence-corrected chi connectivity index (χ0v) is 16.6. The molecule has 0 radical (unpaired) electrons. The van der Waals surface area contributed by atoms with Crippen LogP contribution in [0.3, 0.4) is 0 Å². The van der Waals surface area contributed by atoms with Crippen molar-refractivity contribution in [2.45, 2.75) is 13.8 Å². The number of ether oxygens (including phenoxy) is 1. The molecule has 3 rings (SSSR count). The van der Waals surface area contributed by atoms with Crippen LogP contribution in [0.1, 0.15) is 33.6 Å². The molecule has 2 aromatic rings. The number of carbonyl (C=O) groups excluding carboxylic acids is 3. The number of benzene rings is 1. The number of piperazine rings is 1. The molecular weight excluding hydrogens is 374 g/mol. The van der Waals surface area contributed by atoms with Gasteiger partial charge in [0.1, 0.15) is 17.3 Å². The molecule has 1 saturated heterocycles. The molecule has 0 spiro atoms. The maximum Gasteiger partial charge on any atom is 0.337 e. The number of nitrogens with zero attached hydrogens (tertiary/aromatic N) is 4. The minimum atomic E-state index is -0.481. The smallest absolute Gasteiger partial charge is 0.337 e. The molecule has 2 amide bonds. The summed E-state index contributed by atoms with van der Waals surface area (Å²) in [6, 6.07) is 8.12. The Morgan fingerprint density at radius 3 is 2.45 bits per heavy atom. The number of aromatic nitrogens is 2. The second kappa shape index (κ2) is 8.68. The summed E-state index contributed by atoms with van der Waals surface area (Å²) in [5, 5.41) is 2.75. The van der Waals surface area contributed by atoms with Gasteiger partial charge in [0.25, 0.3) is 5.91 Å². The number of rotatable bonds is 4. The second-order valence-electron chi connectivity index (χ2n) is 6.68. The van der Waals surface area contributed by atoms with E-state index in [-0.39, 0.29) is 11.6 Å². The van der Waals surface area contributed by atoms with Gasteiger partial charge in [-0.05, 0) is 25.1 Å². The third-order valence-electron chi connectivity index (χ3n) is 4.65. The van der Waals surface area contributed by atoms with Crippen LogP contribution in [0.4, 0.5) is 11.5 Å². The summed E-state index contributed by atoms with van der Waals surface area (Å²) in [6.07, 6.45) is 0. The summed E-state index contributed by atoms with van der Waals surface area (Å²) < 4.78 is 4.70. The molecule has 1 fully saturated rings. The Hall–Kier alpha value is -3.49. The molecule has 0 atom stereocenters. The normalized spacial score (nSPS) is 13.8. The monoisotopic (exact) mass is 397 g/mol. The van der Waals surface area contributed by atoms with Gasteiger partial charge in [-0.2, -0.15) is 0 Å². The van der Waals surface area contributed by atoms with Gasteiger partial charge in [-0.15, -0.1) is 0 Å². The van der Waals surface area contributed by atoms with Crippen LogP contribution < -0.4 is 10.2 Å². The lowest BCUT2D eigenvalue weighted by Crippen LogP contribution is -2.48. The van der Waals surface area contributed by atoms with Crippen LogP contribution >= 0.6 is 0 Å². The minimum absolute atomic E-state index is 0.0535. The first-order valence-corrected chi connectivity index (χ1v) is 9.23. The number of hydrogen-bond acceptors (Lipinski definition) is 7. The fraction of sp³-hybridized carbons (Fsp3) is 0.350. The van der Waals surface area contributed by atoms with Crippen LogP contribution in [0, 0.1) is 6.92 Å². The summed E-state index contributed by atoms with van der Waals surface area (Å²) in [5.41, 5.74) is 1.03. The Bertz CT molecular complexity index is 938. The fourth-order valence-electron chi connectivity index (χ4n) is 3.12. The van der Waals surface area contributed by atoms with E-state index in [1.54, 1.807) is 49.1 Å². The van der Waals surface area contributed by atoms with Crippen LogP contribution in [0.15, 0.2) is 30.3 Å². The van der Waals surface area contributed by atoms with Crippen LogP contribution in [0.2, 0.25) is 0 Å². The molecule has 152 valence electrons. The maximum absolute atomic E-state index is 12.7. The highest BCUT2D eigenvalue weighted by Crippen LogP contribution is 2.17. The first-order chi connectivity index (χ1) is 13.9. The third-order valence-corrected chi connectivity index (χ3v) is 4.65. The van der Waals surface area contributed by atoms with Crippen molar-refractivity contribution in [3.05, 3.63) is 47.4 Å². The standard InChI is InChI=1S/C20H23N5O4/c1-13-21-17(12-18(22-13)25-9-7-24(8-10-25)14(2)26)19(27)23-16-6-4-5-15(11-16)20(28)29-3/h4-6,11-12H,7-10H2,1-3H3,(H,23,27). The molecule has 1 aromatic heterocycles. The maximum atomic E-state index is 12.7. The lowest BCUT2D eigenvalue weighted by atomic mass is 10.2. The molecule has 0 bridgehead atoms. The van der Waals surface area contributed by atoms with Crippen molar-refractivity contribution < 1.29 is 19.1 Å². The molecule has 1 aromatic carbocycles. The number of amides is 2. The first kappa shape index (κ1) is 20.2. The number of methoxy groups -OCH3 is 1. The van der Waals surface area contributed by atoms with E-state index in [0.29, 0.717) is 49.1 Å². The van der Waals surface area contributed by atoms with E-state index in [1.807, 2.05) is 4.90 Å². The number of nitrogens with one attached hydrogen (secondary N) is 1. The number of esters is 1. The molecule has 1 aliphatic heterocycles. The molecular formula is C20H23N5O4. The van der Waals surface area contributed by atoms with E-state index in [1.165, 1.54) is 7.11 Å². The van der Waals surface area contributed by atoms with Crippen molar-refractivity contribution in [2.75, 3.05) is 43.5 Å². The summed E-state index contributed by atoms with van der Waals surface area (Å²) in [6.45, 7) is 5.78. The first-order valence-electron chi connectivity index (χ1n) is 9.23. The Morgan fingerprint density at radius 1 is 1.07 bits per heavy atom. The van der Waals surface area contributed by atoms with E-state index in [9.17, 15) is 14.4 Å². The van der Waals surface area contributed by atoms with Crippen LogP contribution in [0.5, 0.6) is 0 Å². The summed E-state index contributed by atoms with van der Waals surface area (Å²) >= 11 is 0. The quantitative estimate of drug-likeness (QED) is 0.780. The largest absolute Gasteiger partial charge is 0.465 e. The van der Waals surface area contributed by atoms with E-state index in [4.69, 9.17) is 4.74 Å². The van der Waals surface area contributed by atoms with Gasteiger partial charge in [-0.25, -0.2) is 14.8 Å². The molecule has 29 heavy (non-hydrogen) atoms. The van der Waals surface area contributed by atoms with Gasteiger partial charge in [0, 0.05) is 44.9 Å². The number of carbonyl (C=O) groups is 3. The van der Waals surface area contributed by atoms with E-state index >= 15 is 0 Å². The van der Waals surface area contributed by atoms with Crippen molar-refractivity contribution >= 4 is 29.3 Å². The highest BCUT2D eigenvalue weighted by Gasteiger charge is 2.21. The molecule has 1 aliphatic rings. The molecule has 0 aliphatic carbocycles. The Labute approximate surface area is 168 Å². The zero-order valence-electron chi connectivity index (χ0n) is 16.6. The van der Waals surface area contributed by atoms with Gasteiger partial charge in [-0.3, -0.25) is 9.59 Å². The number of aryl methyl sites for hydroxylation is 1. The van der Waals surface area contributed by atoms with Gasteiger partial charge >= 0.3 is 5.97 Å². The van der Waals surface area contributed by atoms with E-state index in [2.05, 4.69) is 15.3 Å². The lowest BCUT2D eigenvalue weighted by Gasteiger charge is -2.35. The van der Waals surface area contributed by atoms with Gasteiger partial charge < -0.3 is 19.9 Å². The molecule has 2 heterocycles. The van der Waals surface area contributed by atoms with Crippen molar-refractivity contribution in [2.24, 2.45) is 0 Å². The Morgan fingerprint density at radius 2 is 1.79 bits per heavy atom. The fourth-order valence-corrected chi connectivity index (χ4v) is 3.12. The molecule has 9 heteroatoms. The topological polar surface area (TPSA) is 105 Å². The molecule has 0 unspecified atom stereocenters. The Kier molecular flexibility index (Phi) is 6.06. The summed E-state index contributed by atoms with van der Waals surface area (Å²) in [7, 11) is 1.30. The van der Waals surface area contributed by atoms with Crippen LogP contribution in [-0.2, 0) is 9.53 Å². The number of anilines is 2. The second-order valence-corrected chi connectivity index (χ2v) is 6.68. The van der Waals surface area contributed by atoms with E-state index < -0.39 is 11.9 Å². The summed E-state index contributed by atoms with van der Waals surface area (Å²) in [4.78, 5) is 48.4. The average Bonchev–Trinajstić information content (AvgIpc) is 2.73. The van der Waals surface area contributed by atoms with Crippen molar-refractivity contribution in [3.8, 4) is 0 Å². The van der Waals surface area contributed by atoms with Crippen LogP contribution in [0.25, 0.3) is 0 Å². The van der Waals surface area contributed by atoms with Crippen LogP contribution in [-0.4, -0.2) is 65.9 Å². The van der Waals surface area contributed by atoms with Crippen molar-refractivity contribution in [1.82, 2.24) is 14.9 Å². The highest BCUT2D eigenvalue weighted by molar-refractivity contribution is 6.04. The van der Waals surface area contributed by atoms with Gasteiger partial charge in [0.15, 0.2) is 0 Å². The van der Waals surface area contributed by atoms with Gasteiger partial charge in [-0.1, -0.05) is 6.07 Å². The zero-order chi connectivity index (χ0) is 21.0. The van der Waals surface area contributed by atoms with Gasteiger partial charge in [0.2, 0.25) is 5.91 Å². The molecule has 1 N–H and O–H groups in total. The number of hydrogen-bond donors (Lipinski definition) is 1. The predicted molar refractivity (Wildman–Crippen MR) is 107 cm³/mol.